The Morgan fingerprint density at radius 2 is 0.919 bits per heavy atom. The van der Waals surface area contributed by atoms with Gasteiger partial charge in [-0.3, -0.25) is 4.18 Å². The highest BCUT2D eigenvalue weighted by molar-refractivity contribution is 7.87. The van der Waals surface area contributed by atoms with Crippen LogP contribution < -0.4 is 11.5 Å². The van der Waals surface area contributed by atoms with E-state index >= 15 is 0 Å². The minimum atomic E-state index is -6.09. The highest BCUT2D eigenvalue weighted by Crippen LogP contribution is 2.40. The van der Waals surface area contributed by atoms with Crippen LogP contribution in [0.25, 0.3) is 6.08 Å². The maximum absolute atomic E-state index is 12.3. The molecule has 5 heterocycles. The van der Waals surface area contributed by atoms with Crippen LogP contribution in [0.4, 0.5) is 26.3 Å². The van der Waals surface area contributed by atoms with Gasteiger partial charge < -0.3 is 55.0 Å². The number of alkyl halides is 6. The zero-order valence-corrected chi connectivity index (χ0v) is 48.6. The number of nitrogens with two attached hydrogens (primary N) is 1. The summed E-state index contributed by atoms with van der Waals surface area (Å²) in [6.07, 6.45) is 6.78. The van der Waals surface area contributed by atoms with Crippen LogP contribution in [0.3, 0.4) is 0 Å². The zero-order chi connectivity index (χ0) is 62.6. The summed E-state index contributed by atoms with van der Waals surface area (Å²) in [5, 5.41) is 26.7. The van der Waals surface area contributed by atoms with E-state index in [1.807, 2.05) is 127 Å². The molecule has 5 aliphatic heterocycles. The minimum Gasteiger partial charge on any atom is -0.741 e. The standard InChI is InChI=1S/C11H11F3O4S.2C10H13NO.2C10H12O2.C10H12O.CHF3O3S/c12-11(13,14)19(15,16)18-9-6-7-17-10(9)8-4-2-1-3-5-8;3*11-9-6-7-12-10(9)8-4-2-1-3-5-8;11-7-6-9-10(12-9)8-4-2-1-3-5-8;11-9-5-4-8-10-6-2-1-3-7-10;2-1(3,4)8(5,6)7/h1-5,9-10H,6-7H2;2*1-5,9-10H,6-7,11H2;2*1-5,9-11H,6-7H2;1-4,6-8,11H,5,9H2;(H,5,6,7)/b;;;;;8-4+;/t;2*9-,10-;;;;/m.11..../s1. The number of epoxide rings is 1. The second-order valence-electron chi connectivity index (χ2n) is 19.7. The maximum atomic E-state index is 12.3. The summed E-state index contributed by atoms with van der Waals surface area (Å²) in [6, 6.07) is 59.5. The third-order valence-corrected chi connectivity index (χ3v) is 14.9. The van der Waals surface area contributed by atoms with Gasteiger partial charge in [-0.05, 0) is 59.1 Å². The molecule has 6 unspecified atom stereocenters. The average Bonchev–Trinajstić information content (AvgIpc) is 2.44. The van der Waals surface area contributed by atoms with Crippen molar-refractivity contribution in [1.29, 1.82) is 0 Å². The molecular formula is C62H74F6N2O14S2. The van der Waals surface area contributed by atoms with Gasteiger partial charge in [-0.25, -0.2) is 8.42 Å². The van der Waals surface area contributed by atoms with Crippen molar-refractivity contribution in [2.45, 2.75) is 110 Å². The van der Waals surface area contributed by atoms with Gasteiger partial charge >= 0.3 is 21.1 Å². The van der Waals surface area contributed by atoms with Crippen LogP contribution in [-0.4, -0.2) is 118 Å². The Labute approximate surface area is 498 Å². The highest BCUT2D eigenvalue weighted by atomic mass is 32.2. The molecule has 11 rings (SSSR count). The number of rotatable bonds is 12. The lowest BCUT2D eigenvalue weighted by Gasteiger charge is -2.19. The fraction of sp³-hybridized carbons (Fsp3) is 0.387. The Hall–Kier alpha value is -5.94. The first-order valence-corrected chi connectivity index (χ1v) is 30.4. The average molecular weight is 1250 g/mol. The van der Waals surface area contributed by atoms with Crippen LogP contribution in [0.2, 0.25) is 0 Å². The Balaban J connectivity index is 0.000000186. The second kappa shape index (κ2) is 35.8. The molecule has 8 N–H and O–H groups in total. The Bertz CT molecular complexity index is 2930. The SMILES string of the molecule is N[C@@H]1CCO[C@@H]1c1ccccc1.O=S(=O)(OC1CCOC1c1ccccc1)C(F)(F)F.O=S(=O)([O-])C(F)(F)F.OC1CCOC1c1ccccc1.OCC/C=C/c1ccccc1.OCCC1OC1c1ccccc1.[NH3+][C@@H]1CCO[C@@H]1c1ccccc1. The quantitative estimate of drug-likeness (QED) is 0.0251. The van der Waals surface area contributed by atoms with Gasteiger partial charge in [0.15, 0.2) is 10.1 Å². The third-order valence-electron chi connectivity index (χ3n) is 13.3. The van der Waals surface area contributed by atoms with Crippen LogP contribution in [0.15, 0.2) is 188 Å². The Kier molecular flexibility index (Phi) is 29.5. The number of aliphatic hydroxyl groups is 3. The molecule has 0 bridgehead atoms. The number of aliphatic hydroxyl groups excluding tert-OH is 3. The Morgan fingerprint density at radius 1 is 0.535 bits per heavy atom. The minimum absolute atomic E-state index is 0.0921. The van der Waals surface area contributed by atoms with Crippen molar-refractivity contribution in [1.82, 2.24) is 0 Å². The molecule has 5 aliphatic rings. The molecule has 0 spiro atoms. The van der Waals surface area contributed by atoms with Crippen molar-refractivity contribution >= 4 is 26.3 Å². The van der Waals surface area contributed by atoms with Gasteiger partial charge in [0.05, 0.1) is 38.1 Å². The van der Waals surface area contributed by atoms with E-state index in [0.717, 1.165) is 50.9 Å². The predicted octanol–water partition coefficient (Wildman–Crippen LogP) is 9.77. The predicted molar refractivity (Wildman–Crippen MR) is 308 cm³/mol. The number of ether oxygens (including phenoxy) is 5. The molecule has 6 aromatic carbocycles. The van der Waals surface area contributed by atoms with Crippen molar-refractivity contribution in [2.75, 3.05) is 39.6 Å². The first kappa shape index (κ1) is 70.8. The van der Waals surface area contributed by atoms with Gasteiger partial charge in [-0.15, -0.1) is 0 Å². The van der Waals surface area contributed by atoms with Crippen LogP contribution in [0.5, 0.6) is 0 Å². The van der Waals surface area contributed by atoms with Gasteiger partial charge in [0, 0.05) is 38.7 Å². The summed E-state index contributed by atoms with van der Waals surface area (Å²) in [5.41, 5.74) is 5.40. The second-order valence-corrected chi connectivity index (χ2v) is 22.7. The molecule has 0 saturated carbocycles. The third kappa shape index (κ3) is 24.0. The summed E-state index contributed by atoms with van der Waals surface area (Å²) < 4.78 is 149. The monoisotopic (exact) mass is 1250 g/mol. The van der Waals surface area contributed by atoms with Crippen molar-refractivity contribution in [3.05, 3.63) is 221 Å². The molecule has 0 radical (unpaired) electrons. The number of hydrogen-bond acceptors (Lipinski definition) is 15. The molecule has 0 aliphatic carbocycles. The van der Waals surface area contributed by atoms with E-state index < -0.39 is 43.5 Å². The lowest BCUT2D eigenvalue weighted by atomic mass is 10.0. The summed E-state index contributed by atoms with van der Waals surface area (Å²) in [7, 11) is -11.7. The largest absolute Gasteiger partial charge is 0.741 e. The van der Waals surface area contributed by atoms with Crippen LogP contribution in [-0.2, 0) is 48.1 Å². The van der Waals surface area contributed by atoms with E-state index in [0.29, 0.717) is 18.2 Å². The van der Waals surface area contributed by atoms with E-state index in [-0.39, 0.29) is 68.9 Å². The summed E-state index contributed by atoms with van der Waals surface area (Å²) in [5.74, 6) is 0. The summed E-state index contributed by atoms with van der Waals surface area (Å²) in [6.45, 7) is 2.91. The molecular weight excluding hydrogens is 1170 g/mol. The molecule has 6 aromatic rings. The number of quaternary nitrogens is 1. The Morgan fingerprint density at radius 3 is 1.31 bits per heavy atom. The fourth-order valence-electron chi connectivity index (χ4n) is 8.90. The van der Waals surface area contributed by atoms with Crippen molar-refractivity contribution < 1.29 is 96.7 Å². The van der Waals surface area contributed by atoms with Crippen molar-refractivity contribution in [3.63, 3.8) is 0 Å². The molecule has 470 valence electrons. The number of benzene rings is 6. The van der Waals surface area contributed by atoms with E-state index in [1.165, 1.54) is 22.3 Å². The molecule has 10 atom stereocenters. The van der Waals surface area contributed by atoms with Gasteiger partial charge in [-0.1, -0.05) is 194 Å². The highest BCUT2D eigenvalue weighted by Gasteiger charge is 2.50. The smallest absolute Gasteiger partial charge is 0.523 e. The van der Waals surface area contributed by atoms with E-state index in [4.69, 9.17) is 52.6 Å². The summed E-state index contributed by atoms with van der Waals surface area (Å²) >= 11 is 0. The van der Waals surface area contributed by atoms with E-state index in [2.05, 4.69) is 46.3 Å². The molecule has 86 heavy (non-hydrogen) atoms. The molecule has 0 amide bonds. The summed E-state index contributed by atoms with van der Waals surface area (Å²) in [4.78, 5) is 0. The lowest BCUT2D eigenvalue weighted by Crippen LogP contribution is -2.61. The molecule has 24 heteroatoms. The van der Waals surface area contributed by atoms with Crippen molar-refractivity contribution in [2.24, 2.45) is 5.73 Å². The molecule has 5 fully saturated rings. The van der Waals surface area contributed by atoms with Gasteiger partial charge in [0.2, 0.25) is 0 Å². The fourth-order valence-corrected chi connectivity index (χ4v) is 9.53. The van der Waals surface area contributed by atoms with Crippen LogP contribution in [0.1, 0.15) is 102 Å². The van der Waals surface area contributed by atoms with Crippen LogP contribution >= 0.6 is 0 Å². The van der Waals surface area contributed by atoms with Gasteiger partial charge in [0.1, 0.15) is 36.6 Å². The molecule has 16 nitrogen and oxygen atoms in total. The zero-order valence-electron chi connectivity index (χ0n) is 46.9. The first-order valence-electron chi connectivity index (χ1n) is 27.6. The lowest BCUT2D eigenvalue weighted by molar-refractivity contribution is -0.428. The van der Waals surface area contributed by atoms with Gasteiger partial charge in [0.25, 0.3) is 0 Å². The van der Waals surface area contributed by atoms with E-state index in [1.54, 1.807) is 30.3 Å². The van der Waals surface area contributed by atoms with Crippen LogP contribution in [0, 0.1) is 0 Å². The first-order chi connectivity index (χ1) is 41.0. The molecule has 0 aromatic heterocycles. The van der Waals surface area contributed by atoms with Crippen molar-refractivity contribution in [3.8, 4) is 0 Å². The number of halogens is 6. The normalized spacial score (nSPS) is 24.0. The topological polar surface area (TPSA) is 264 Å². The van der Waals surface area contributed by atoms with Gasteiger partial charge in [-0.2, -0.15) is 34.8 Å². The molecule has 5 saturated heterocycles. The van der Waals surface area contributed by atoms with E-state index in [9.17, 15) is 39.9 Å². The number of hydrogen-bond donors (Lipinski definition) is 5. The maximum Gasteiger partial charge on any atom is 0.523 e.